The fourth-order valence-electron chi connectivity index (χ4n) is 2.55. The summed E-state index contributed by atoms with van der Waals surface area (Å²) >= 11 is 0. The Hall–Kier alpha value is -0.170. The van der Waals surface area contributed by atoms with Crippen LogP contribution in [-0.2, 0) is 14.8 Å². The smallest absolute Gasteiger partial charge is 0.216 e. The fraction of sp³-hybridized carbons (Fsp3) is 1.00. The molecule has 0 aliphatic carbocycles. The lowest BCUT2D eigenvalue weighted by Gasteiger charge is -2.19. The summed E-state index contributed by atoms with van der Waals surface area (Å²) in [5.74, 6) is 0.438. The van der Waals surface area contributed by atoms with Gasteiger partial charge in [-0.2, -0.15) is 0 Å². The van der Waals surface area contributed by atoms with Crippen molar-refractivity contribution in [3.05, 3.63) is 0 Å². The summed E-state index contributed by atoms with van der Waals surface area (Å²) in [4.78, 5) is 0. The van der Waals surface area contributed by atoms with Crippen molar-refractivity contribution in [3.8, 4) is 0 Å². The maximum absolute atomic E-state index is 12.2. The van der Waals surface area contributed by atoms with E-state index in [0.717, 1.165) is 19.3 Å². The summed E-state index contributed by atoms with van der Waals surface area (Å²) in [6.07, 6.45) is 2.61. The standard InChI is InChI=1S/C11H22N2O3S/c1-9(12)10-4-5-13(7-10)17(14,15)8-11-3-2-6-16-11/h9-11H,2-8,12H2,1H3. The summed E-state index contributed by atoms with van der Waals surface area (Å²) in [5.41, 5.74) is 5.82. The van der Waals surface area contributed by atoms with Crippen molar-refractivity contribution in [3.63, 3.8) is 0 Å². The molecule has 2 saturated heterocycles. The molecule has 0 saturated carbocycles. The minimum Gasteiger partial charge on any atom is -0.377 e. The molecule has 3 unspecified atom stereocenters. The van der Waals surface area contributed by atoms with Crippen LogP contribution < -0.4 is 5.73 Å². The van der Waals surface area contributed by atoms with Crippen LogP contribution in [0.4, 0.5) is 0 Å². The van der Waals surface area contributed by atoms with Gasteiger partial charge in [-0.15, -0.1) is 0 Å². The predicted molar refractivity (Wildman–Crippen MR) is 66.1 cm³/mol. The Labute approximate surface area is 103 Å². The van der Waals surface area contributed by atoms with Gasteiger partial charge in [0.1, 0.15) is 0 Å². The van der Waals surface area contributed by atoms with Gasteiger partial charge in [0.05, 0.1) is 11.9 Å². The van der Waals surface area contributed by atoms with Crippen LogP contribution in [0.3, 0.4) is 0 Å². The summed E-state index contributed by atoms with van der Waals surface area (Å²) in [6.45, 7) is 3.83. The van der Waals surface area contributed by atoms with Gasteiger partial charge in [0, 0.05) is 25.7 Å². The summed E-state index contributed by atoms with van der Waals surface area (Å²) in [7, 11) is -3.16. The average Bonchev–Trinajstić information content (AvgIpc) is 2.84. The Morgan fingerprint density at radius 2 is 2.24 bits per heavy atom. The van der Waals surface area contributed by atoms with Crippen LogP contribution in [0.2, 0.25) is 0 Å². The molecule has 2 heterocycles. The molecule has 100 valence electrons. The molecule has 0 amide bonds. The first-order chi connectivity index (χ1) is 7.99. The molecule has 2 fully saturated rings. The Morgan fingerprint density at radius 1 is 1.47 bits per heavy atom. The van der Waals surface area contributed by atoms with E-state index in [1.54, 1.807) is 4.31 Å². The molecule has 0 radical (unpaired) electrons. The molecule has 3 atom stereocenters. The lowest BCUT2D eigenvalue weighted by molar-refractivity contribution is 0.126. The van der Waals surface area contributed by atoms with Crippen LogP contribution in [0.1, 0.15) is 26.2 Å². The van der Waals surface area contributed by atoms with Crippen LogP contribution in [-0.4, -0.2) is 50.3 Å². The number of ether oxygens (including phenoxy) is 1. The van der Waals surface area contributed by atoms with Gasteiger partial charge >= 0.3 is 0 Å². The normalized spacial score (nSPS) is 33.1. The third-order valence-corrected chi connectivity index (χ3v) is 5.66. The highest BCUT2D eigenvalue weighted by atomic mass is 32.2. The summed E-state index contributed by atoms with van der Waals surface area (Å²) in [5, 5.41) is 0. The molecule has 0 spiro atoms. The zero-order valence-electron chi connectivity index (χ0n) is 10.3. The topological polar surface area (TPSA) is 72.6 Å². The first-order valence-corrected chi connectivity index (χ1v) is 7.95. The second-order valence-electron chi connectivity index (χ2n) is 5.18. The van der Waals surface area contributed by atoms with Gasteiger partial charge in [0.15, 0.2) is 0 Å². The fourth-order valence-corrected chi connectivity index (χ4v) is 4.30. The highest BCUT2D eigenvalue weighted by Crippen LogP contribution is 2.23. The largest absolute Gasteiger partial charge is 0.377 e. The van der Waals surface area contributed by atoms with Gasteiger partial charge in [0.25, 0.3) is 0 Å². The molecular weight excluding hydrogens is 240 g/mol. The quantitative estimate of drug-likeness (QED) is 0.783. The van der Waals surface area contributed by atoms with Crippen LogP contribution in [0.5, 0.6) is 0 Å². The van der Waals surface area contributed by atoms with Crippen molar-refractivity contribution in [1.29, 1.82) is 0 Å². The van der Waals surface area contributed by atoms with E-state index < -0.39 is 10.0 Å². The number of rotatable bonds is 4. The molecule has 0 aromatic carbocycles. The highest BCUT2D eigenvalue weighted by Gasteiger charge is 2.35. The average molecular weight is 262 g/mol. The van der Waals surface area contributed by atoms with Crippen LogP contribution in [0.25, 0.3) is 0 Å². The van der Waals surface area contributed by atoms with E-state index in [9.17, 15) is 8.42 Å². The van der Waals surface area contributed by atoms with Crippen LogP contribution in [0.15, 0.2) is 0 Å². The first kappa shape index (κ1) is 13.3. The highest BCUT2D eigenvalue weighted by molar-refractivity contribution is 7.89. The predicted octanol–water partition coefficient (Wildman–Crippen LogP) is 0.164. The Morgan fingerprint density at radius 3 is 2.76 bits per heavy atom. The maximum Gasteiger partial charge on any atom is 0.216 e. The SMILES string of the molecule is CC(N)C1CCN(S(=O)(=O)CC2CCCO2)C1. The van der Waals surface area contributed by atoms with Crippen molar-refractivity contribution in [1.82, 2.24) is 4.31 Å². The number of sulfonamides is 1. The van der Waals surface area contributed by atoms with Gasteiger partial charge in [0.2, 0.25) is 10.0 Å². The summed E-state index contributed by atoms with van der Waals surface area (Å²) in [6, 6.07) is 0.0675. The van der Waals surface area contributed by atoms with Crippen molar-refractivity contribution in [2.75, 3.05) is 25.4 Å². The lowest BCUT2D eigenvalue weighted by atomic mass is 10.0. The number of nitrogens with zero attached hydrogens (tertiary/aromatic N) is 1. The molecule has 2 aliphatic heterocycles. The molecule has 5 nitrogen and oxygen atoms in total. The second-order valence-corrected chi connectivity index (χ2v) is 7.19. The summed E-state index contributed by atoms with van der Waals surface area (Å²) < 4.78 is 31.3. The van der Waals surface area contributed by atoms with Crippen molar-refractivity contribution >= 4 is 10.0 Å². The van der Waals surface area contributed by atoms with E-state index in [1.165, 1.54) is 0 Å². The molecule has 0 bridgehead atoms. The molecule has 2 rings (SSSR count). The van der Waals surface area contributed by atoms with Gasteiger partial charge in [-0.1, -0.05) is 0 Å². The minimum atomic E-state index is -3.16. The molecule has 2 aliphatic rings. The first-order valence-electron chi connectivity index (χ1n) is 6.34. The Bertz CT molecular complexity index is 350. The maximum atomic E-state index is 12.2. The molecule has 2 N–H and O–H groups in total. The van der Waals surface area contributed by atoms with Crippen LogP contribution >= 0.6 is 0 Å². The monoisotopic (exact) mass is 262 g/mol. The molecule has 17 heavy (non-hydrogen) atoms. The molecule has 6 heteroatoms. The van der Waals surface area contributed by atoms with E-state index in [1.807, 2.05) is 6.92 Å². The molecule has 0 aromatic heterocycles. The minimum absolute atomic E-state index is 0.0675. The molecular formula is C11H22N2O3S. The van der Waals surface area contributed by atoms with Gasteiger partial charge in [-0.3, -0.25) is 0 Å². The van der Waals surface area contributed by atoms with Crippen molar-refractivity contribution in [2.24, 2.45) is 11.7 Å². The lowest BCUT2D eigenvalue weighted by Crippen LogP contribution is -2.37. The van der Waals surface area contributed by atoms with Gasteiger partial charge in [-0.25, -0.2) is 12.7 Å². The zero-order valence-corrected chi connectivity index (χ0v) is 11.2. The second kappa shape index (κ2) is 5.22. The number of hydrogen-bond acceptors (Lipinski definition) is 4. The van der Waals surface area contributed by atoms with Gasteiger partial charge < -0.3 is 10.5 Å². The van der Waals surface area contributed by atoms with E-state index in [-0.39, 0.29) is 17.9 Å². The third kappa shape index (κ3) is 3.19. The van der Waals surface area contributed by atoms with E-state index >= 15 is 0 Å². The molecule has 0 aromatic rings. The van der Waals surface area contributed by atoms with E-state index in [4.69, 9.17) is 10.5 Å². The third-order valence-electron chi connectivity index (χ3n) is 3.74. The number of hydrogen-bond donors (Lipinski definition) is 1. The zero-order chi connectivity index (χ0) is 12.5. The Balaban J connectivity index is 1.92. The Kier molecular flexibility index (Phi) is 4.07. The van der Waals surface area contributed by atoms with Crippen molar-refractivity contribution < 1.29 is 13.2 Å². The van der Waals surface area contributed by atoms with Gasteiger partial charge in [-0.05, 0) is 32.1 Å². The van der Waals surface area contributed by atoms with Crippen molar-refractivity contribution in [2.45, 2.75) is 38.3 Å². The van der Waals surface area contributed by atoms with Crippen LogP contribution in [0, 0.1) is 5.92 Å². The number of nitrogens with two attached hydrogens (primary N) is 1. The van der Waals surface area contributed by atoms with E-state index in [0.29, 0.717) is 25.6 Å². The van der Waals surface area contributed by atoms with E-state index in [2.05, 4.69) is 0 Å².